The lowest BCUT2D eigenvalue weighted by atomic mass is 10.2. The molecule has 0 spiro atoms. The highest BCUT2D eigenvalue weighted by Crippen LogP contribution is 2.19. The fraction of sp³-hybridized carbons (Fsp3) is 0.462. The van der Waals surface area contributed by atoms with E-state index in [9.17, 15) is 4.79 Å². The normalized spacial score (nSPS) is 15.9. The van der Waals surface area contributed by atoms with Crippen molar-refractivity contribution in [3.05, 3.63) is 27.3 Å². The largest absolute Gasteiger partial charge is 0.335 e. The number of nitrogens with one attached hydrogen (secondary N) is 2. The summed E-state index contributed by atoms with van der Waals surface area (Å²) in [6, 6.07) is 6.29. The van der Waals surface area contributed by atoms with Crippen molar-refractivity contribution < 1.29 is 4.79 Å². The first kappa shape index (κ1) is 12.7. The Morgan fingerprint density at radius 1 is 1.35 bits per heavy atom. The van der Waals surface area contributed by atoms with Gasteiger partial charge in [0.1, 0.15) is 0 Å². The van der Waals surface area contributed by atoms with Gasteiger partial charge >= 0.3 is 6.03 Å². The van der Waals surface area contributed by atoms with Crippen LogP contribution in [-0.2, 0) is 0 Å². The Hall–Kier alpha value is -0.780. The highest BCUT2D eigenvalue weighted by molar-refractivity contribution is 14.1. The number of carbonyl (C=O) groups is 1. The van der Waals surface area contributed by atoms with E-state index in [1.165, 1.54) is 16.4 Å². The minimum atomic E-state index is -0.0822. The Morgan fingerprint density at radius 3 is 2.71 bits per heavy atom. The Morgan fingerprint density at radius 2 is 2.06 bits per heavy atom. The highest BCUT2D eigenvalue weighted by Gasteiger charge is 2.17. The Balaban J connectivity index is 1.93. The van der Waals surface area contributed by atoms with Crippen molar-refractivity contribution in [1.29, 1.82) is 0 Å². The fourth-order valence-electron chi connectivity index (χ4n) is 2.18. The fourth-order valence-corrected chi connectivity index (χ4v) is 2.83. The number of carbonyl (C=O) groups excluding carboxylic acids is 1. The maximum Gasteiger partial charge on any atom is 0.319 e. The number of hydrogen-bond acceptors (Lipinski definition) is 1. The first-order chi connectivity index (χ1) is 8.15. The number of aryl methyl sites for hydroxylation is 1. The molecule has 1 saturated carbocycles. The average molecular weight is 344 g/mol. The number of rotatable bonds is 2. The molecular weight excluding hydrogens is 327 g/mol. The molecule has 0 heterocycles. The van der Waals surface area contributed by atoms with Crippen LogP contribution in [0.15, 0.2) is 18.2 Å². The predicted octanol–water partition coefficient (Wildman–Crippen LogP) is 3.66. The van der Waals surface area contributed by atoms with E-state index in [1.54, 1.807) is 0 Å². The number of halogens is 1. The number of urea groups is 1. The van der Waals surface area contributed by atoms with Gasteiger partial charge in [0.15, 0.2) is 0 Å². The summed E-state index contributed by atoms with van der Waals surface area (Å²) in [7, 11) is 0. The van der Waals surface area contributed by atoms with Crippen LogP contribution in [0.25, 0.3) is 0 Å². The van der Waals surface area contributed by atoms with Crippen molar-refractivity contribution >= 4 is 34.3 Å². The molecule has 2 rings (SSSR count). The van der Waals surface area contributed by atoms with E-state index < -0.39 is 0 Å². The summed E-state index contributed by atoms with van der Waals surface area (Å²) in [6.45, 7) is 2.01. The Bertz CT molecular complexity index is 414. The third-order valence-electron chi connectivity index (χ3n) is 3.13. The van der Waals surface area contributed by atoms with Gasteiger partial charge in [0.2, 0.25) is 0 Å². The van der Waals surface area contributed by atoms with Crippen molar-refractivity contribution in [2.75, 3.05) is 5.32 Å². The molecular formula is C13H17IN2O. The zero-order valence-corrected chi connectivity index (χ0v) is 12.1. The molecule has 3 nitrogen and oxygen atoms in total. The zero-order valence-electron chi connectivity index (χ0n) is 9.92. The van der Waals surface area contributed by atoms with Crippen molar-refractivity contribution in [2.45, 2.75) is 38.6 Å². The second kappa shape index (κ2) is 5.71. The van der Waals surface area contributed by atoms with Crippen molar-refractivity contribution in [1.82, 2.24) is 5.32 Å². The second-order valence-corrected chi connectivity index (χ2v) is 5.78. The van der Waals surface area contributed by atoms with Gasteiger partial charge in [-0.05, 0) is 66.1 Å². The molecule has 1 fully saturated rings. The predicted molar refractivity (Wildman–Crippen MR) is 78.3 cm³/mol. The average Bonchev–Trinajstić information content (AvgIpc) is 2.75. The first-order valence-corrected chi connectivity index (χ1v) is 7.07. The minimum absolute atomic E-state index is 0.0822. The number of anilines is 1. The smallest absolute Gasteiger partial charge is 0.319 e. The van der Waals surface area contributed by atoms with Crippen molar-refractivity contribution in [3.63, 3.8) is 0 Å². The second-order valence-electron chi connectivity index (χ2n) is 4.54. The molecule has 0 radical (unpaired) electrons. The third-order valence-corrected chi connectivity index (χ3v) is 3.80. The van der Waals surface area contributed by atoms with Gasteiger partial charge in [-0.25, -0.2) is 4.79 Å². The maximum atomic E-state index is 11.8. The van der Waals surface area contributed by atoms with Gasteiger partial charge in [0, 0.05) is 15.3 Å². The van der Waals surface area contributed by atoms with E-state index in [1.807, 2.05) is 19.1 Å². The van der Waals surface area contributed by atoms with E-state index in [2.05, 4.69) is 39.3 Å². The van der Waals surface area contributed by atoms with Gasteiger partial charge in [-0.2, -0.15) is 0 Å². The molecule has 2 amide bonds. The van der Waals surface area contributed by atoms with Gasteiger partial charge in [0.05, 0.1) is 0 Å². The summed E-state index contributed by atoms with van der Waals surface area (Å²) in [5, 5.41) is 5.93. The summed E-state index contributed by atoms with van der Waals surface area (Å²) in [5.74, 6) is 0. The maximum absolute atomic E-state index is 11.8. The molecule has 0 unspecified atom stereocenters. The molecule has 2 N–H and O–H groups in total. The lowest BCUT2D eigenvalue weighted by Crippen LogP contribution is -2.36. The summed E-state index contributed by atoms with van der Waals surface area (Å²) in [5.41, 5.74) is 1.99. The highest BCUT2D eigenvalue weighted by atomic mass is 127. The molecule has 0 aliphatic heterocycles. The summed E-state index contributed by atoms with van der Waals surface area (Å²) >= 11 is 2.27. The van der Waals surface area contributed by atoms with Crippen LogP contribution in [0.1, 0.15) is 31.2 Å². The Kier molecular flexibility index (Phi) is 4.25. The molecule has 1 aliphatic carbocycles. The molecule has 0 saturated heterocycles. The van der Waals surface area contributed by atoms with Gasteiger partial charge in [-0.15, -0.1) is 0 Å². The van der Waals surface area contributed by atoms with E-state index in [4.69, 9.17) is 0 Å². The summed E-state index contributed by atoms with van der Waals surface area (Å²) in [6.07, 6.45) is 4.68. The van der Waals surface area contributed by atoms with Crippen LogP contribution in [0.3, 0.4) is 0 Å². The molecule has 4 heteroatoms. The van der Waals surface area contributed by atoms with Crippen molar-refractivity contribution in [3.8, 4) is 0 Å². The number of amides is 2. The molecule has 0 aromatic heterocycles. The SMILES string of the molecule is Cc1cc(I)ccc1NC(=O)NC1CCCC1. The lowest BCUT2D eigenvalue weighted by Gasteiger charge is -2.14. The monoisotopic (exact) mass is 344 g/mol. The van der Waals surface area contributed by atoms with Gasteiger partial charge in [-0.3, -0.25) is 0 Å². The minimum Gasteiger partial charge on any atom is -0.335 e. The molecule has 0 atom stereocenters. The van der Waals surface area contributed by atoms with E-state index in [-0.39, 0.29) is 6.03 Å². The van der Waals surface area contributed by atoms with E-state index in [0.717, 1.165) is 24.1 Å². The van der Waals surface area contributed by atoms with Gasteiger partial charge in [-0.1, -0.05) is 12.8 Å². The van der Waals surface area contributed by atoms with Crippen LogP contribution in [0, 0.1) is 10.5 Å². The molecule has 0 bridgehead atoms. The molecule has 1 aromatic rings. The summed E-state index contributed by atoms with van der Waals surface area (Å²) < 4.78 is 1.18. The quantitative estimate of drug-likeness (QED) is 0.790. The zero-order chi connectivity index (χ0) is 12.3. The van der Waals surface area contributed by atoms with Crippen molar-refractivity contribution in [2.24, 2.45) is 0 Å². The van der Waals surface area contributed by atoms with Crippen LogP contribution in [0.2, 0.25) is 0 Å². The van der Waals surface area contributed by atoms with Crippen LogP contribution in [-0.4, -0.2) is 12.1 Å². The number of benzene rings is 1. The molecule has 1 aliphatic rings. The first-order valence-electron chi connectivity index (χ1n) is 5.99. The summed E-state index contributed by atoms with van der Waals surface area (Å²) in [4.78, 5) is 11.8. The van der Waals surface area contributed by atoms with Crippen LogP contribution < -0.4 is 10.6 Å². The molecule has 1 aromatic carbocycles. The van der Waals surface area contributed by atoms with Gasteiger partial charge < -0.3 is 10.6 Å². The van der Waals surface area contributed by atoms with Gasteiger partial charge in [0.25, 0.3) is 0 Å². The Labute approximate surface area is 116 Å². The van der Waals surface area contributed by atoms with E-state index in [0.29, 0.717) is 6.04 Å². The third kappa shape index (κ3) is 3.59. The standard InChI is InChI=1S/C13H17IN2O/c1-9-8-10(14)6-7-12(9)16-13(17)15-11-4-2-3-5-11/h6-8,11H,2-5H2,1H3,(H2,15,16,17). The topological polar surface area (TPSA) is 41.1 Å². The number of hydrogen-bond donors (Lipinski definition) is 2. The van der Waals surface area contributed by atoms with Crippen LogP contribution in [0.4, 0.5) is 10.5 Å². The lowest BCUT2D eigenvalue weighted by molar-refractivity contribution is 0.248. The van der Waals surface area contributed by atoms with Crippen LogP contribution >= 0.6 is 22.6 Å². The molecule has 17 heavy (non-hydrogen) atoms. The van der Waals surface area contributed by atoms with E-state index >= 15 is 0 Å². The van der Waals surface area contributed by atoms with Crippen LogP contribution in [0.5, 0.6) is 0 Å². The molecule has 92 valence electrons.